The fraction of sp³-hybridized carbons (Fsp3) is 0.348. The first-order valence-electron chi connectivity index (χ1n) is 9.22. The lowest BCUT2D eigenvalue weighted by Gasteiger charge is -2.09. The van der Waals surface area contributed by atoms with Crippen LogP contribution in [0.15, 0.2) is 60.2 Å². The molecule has 0 aliphatic carbocycles. The van der Waals surface area contributed by atoms with Crippen LogP contribution in [0.1, 0.15) is 48.5 Å². The number of Topliss-reactive ketones (excluding diaryl/α,β-unsaturated/α-hetero) is 1. The SMILES string of the molecule is CCCCC/C(=C\c1ccccc1)COCC(=O)c1ccc(OC)cc1. The second-order valence-electron chi connectivity index (χ2n) is 6.31. The first kappa shape index (κ1) is 19.9. The first-order valence-corrected chi connectivity index (χ1v) is 9.22. The van der Waals surface area contributed by atoms with E-state index in [4.69, 9.17) is 9.47 Å². The number of ether oxygens (including phenoxy) is 2. The Hall–Kier alpha value is -2.39. The molecule has 0 aliphatic heterocycles. The second kappa shape index (κ2) is 11.3. The number of methoxy groups -OCH3 is 1. The van der Waals surface area contributed by atoms with Crippen molar-refractivity contribution in [1.29, 1.82) is 0 Å². The summed E-state index contributed by atoms with van der Waals surface area (Å²) >= 11 is 0. The van der Waals surface area contributed by atoms with Gasteiger partial charge in [0, 0.05) is 5.56 Å². The highest BCUT2D eigenvalue weighted by atomic mass is 16.5. The fourth-order valence-electron chi connectivity index (χ4n) is 2.71. The van der Waals surface area contributed by atoms with Crippen LogP contribution in [0.5, 0.6) is 5.75 Å². The van der Waals surface area contributed by atoms with Crippen LogP contribution in [0.3, 0.4) is 0 Å². The lowest BCUT2D eigenvalue weighted by atomic mass is 10.0. The molecule has 2 aromatic carbocycles. The molecule has 0 unspecified atom stereocenters. The number of carbonyl (C=O) groups excluding carboxylic acids is 1. The van der Waals surface area contributed by atoms with Crippen LogP contribution >= 0.6 is 0 Å². The molecule has 0 saturated heterocycles. The summed E-state index contributed by atoms with van der Waals surface area (Å²) in [5, 5.41) is 0. The zero-order valence-electron chi connectivity index (χ0n) is 15.7. The van der Waals surface area contributed by atoms with Gasteiger partial charge in [-0.05, 0) is 48.2 Å². The van der Waals surface area contributed by atoms with Crippen molar-refractivity contribution in [2.75, 3.05) is 20.3 Å². The Morgan fingerprint density at radius 3 is 2.35 bits per heavy atom. The molecule has 0 bridgehead atoms. The minimum absolute atomic E-state index is 0.0136. The van der Waals surface area contributed by atoms with Crippen molar-refractivity contribution < 1.29 is 14.3 Å². The molecule has 0 amide bonds. The van der Waals surface area contributed by atoms with Gasteiger partial charge in [0.1, 0.15) is 12.4 Å². The van der Waals surface area contributed by atoms with Gasteiger partial charge in [-0.15, -0.1) is 0 Å². The van der Waals surface area contributed by atoms with E-state index in [0.717, 1.165) is 18.6 Å². The molecule has 0 aromatic heterocycles. The van der Waals surface area contributed by atoms with E-state index >= 15 is 0 Å². The highest BCUT2D eigenvalue weighted by Crippen LogP contribution is 2.15. The van der Waals surface area contributed by atoms with Crippen LogP contribution in [0.25, 0.3) is 6.08 Å². The normalized spacial score (nSPS) is 11.4. The minimum Gasteiger partial charge on any atom is -0.497 e. The number of hydrogen-bond acceptors (Lipinski definition) is 3. The Morgan fingerprint density at radius 2 is 1.69 bits per heavy atom. The topological polar surface area (TPSA) is 35.5 Å². The summed E-state index contributed by atoms with van der Waals surface area (Å²) in [6.07, 6.45) is 6.71. The highest BCUT2D eigenvalue weighted by molar-refractivity contribution is 5.97. The molecule has 0 heterocycles. The molecule has 138 valence electrons. The molecule has 2 aromatic rings. The maximum Gasteiger partial charge on any atom is 0.188 e. The number of benzene rings is 2. The van der Waals surface area contributed by atoms with E-state index in [0.29, 0.717) is 12.2 Å². The fourth-order valence-corrected chi connectivity index (χ4v) is 2.71. The third kappa shape index (κ3) is 6.85. The van der Waals surface area contributed by atoms with Crippen molar-refractivity contribution >= 4 is 11.9 Å². The number of hydrogen-bond donors (Lipinski definition) is 0. The van der Waals surface area contributed by atoms with E-state index in [2.05, 4.69) is 25.1 Å². The second-order valence-corrected chi connectivity index (χ2v) is 6.31. The summed E-state index contributed by atoms with van der Waals surface area (Å²) in [4.78, 5) is 12.3. The molecule has 0 fully saturated rings. The van der Waals surface area contributed by atoms with E-state index in [9.17, 15) is 4.79 Å². The zero-order valence-corrected chi connectivity index (χ0v) is 15.7. The van der Waals surface area contributed by atoms with Gasteiger partial charge in [-0.1, -0.05) is 56.2 Å². The summed E-state index contributed by atoms with van der Waals surface area (Å²) in [7, 11) is 1.61. The molecule has 0 saturated carbocycles. The predicted octanol–water partition coefficient (Wildman–Crippen LogP) is 5.56. The quantitative estimate of drug-likeness (QED) is 0.392. The summed E-state index contributed by atoms with van der Waals surface area (Å²) in [6.45, 7) is 2.78. The summed E-state index contributed by atoms with van der Waals surface area (Å²) in [6, 6.07) is 17.4. The summed E-state index contributed by atoms with van der Waals surface area (Å²) in [5.74, 6) is 0.728. The Bertz CT molecular complexity index is 687. The maximum atomic E-state index is 12.3. The molecule has 3 nitrogen and oxygen atoms in total. The molecule has 26 heavy (non-hydrogen) atoms. The Balaban J connectivity index is 1.90. The molecule has 0 atom stereocenters. The minimum atomic E-state index is -0.0136. The van der Waals surface area contributed by atoms with Crippen LogP contribution in [0.2, 0.25) is 0 Å². The number of carbonyl (C=O) groups is 1. The van der Waals surface area contributed by atoms with E-state index in [1.165, 1.54) is 24.0 Å². The van der Waals surface area contributed by atoms with Crippen molar-refractivity contribution in [3.05, 3.63) is 71.3 Å². The van der Waals surface area contributed by atoms with Gasteiger partial charge in [0.05, 0.1) is 13.7 Å². The lowest BCUT2D eigenvalue weighted by molar-refractivity contribution is 0.0795. The van der Waals surface area contributed by atoms with Gasteiger partial charge in [-0.25, -0.2) is 0 Å². The van der Waals surface area contributed by atoms with Crippen molar-refractivity contribution in [3.63, 3.8) is 0 Å². The van der Waals surface area contributed by atoms with Gasteiger partial charge in [-0.2, -0.15) is 0 Å². The van der Waals surface area contributed by atoms with Gasteiger partial charge in [-0.3, -0.25) is 4.79 Å². The zero-order chi connectivity index (χ0) is 18.6. The summed E-state index contributed by atoms with van der Waals surface area (Å²) < 4.78 is 10.8. The average molecular weight is 352 g/mol. The molecule has 0 spiro atoms. The number of ketones is 1. The molecule has 3 heteroatoms. The van der Waals surface area contributed by atoms with E-state index in [1.54, 1.807) is 31.4 Å². The van der Waals surface area contributed by atoms with Gasteiger partial charge < -0.3 is 9.47 Å². The Kier molecular flexibility index (Phi) is 8.64. The van der Waals surface area contributed by atoms with Crippen LogP contribution in [-0.4, -0.2) is 26.1 Å². The van der Waals surface area contributed by atoms with Gasteiger partial charge >= 0.3 is 0 Å². The highest BCUT2D eigenvalue weighted by Gasteiger charge is 2.07. The molecule has 2 rings (SSSR count). The standard InChI is InChI=1S/C23H28O3/c1-3-4-6-11-20(16-19-9-7-5-8-10-19)17-26-18-23(24)21-12-14-22(25-2)15-13-21/h5,7-10,12-16H,3-4,6,11,17-18H2,1-2H3/b20-16+. The molecule has 0 N–H and O–H groups in total. The van der Waals surface area contributed by atoms with Crippen molar-refractivity contribution in [2.45, 2.75) is 32.6 Å². The smallest absolute Gasteiger partial charge is 0.188 e. The number of rotatable bonds is 11. The van der Waals surface area contributed by atoms with Crippen molar-refractivity contribution in [3.8, 4) is 5.75 Å². The Morgan fingerprint density at radius 1 is 0.962 bits per heavy atom. The molecular formula is C23H28O3. The lowest BCUT2D eigenvalue weighted by Crippen LogP contribution is -2.11. The number of unbranched alkanes of at least 4 members (excludes halogenated alkanes) is 2. The first-order chi connectivity index (χ1) is 12.7. The maximum absolute atomic E-state index is 12.3. The summed E-state index contributed by atoms with van der Waals surface area (Å²) in [5.41, 5.74) is 3.04. The molecule has 0 aliphatic rings. The third-order valence-electron chi connectivity index (χ3n) is 4.20. The van der Waals surface area contributed by atoms with Crippen LogP contribution in [0, 0.1) is 0 Å². The van der Waals surface area contributed by atoms with Crippen molar-refractivity contribution in [1.82, 2.24) is 0 Å². The van der Waals surface area contributed by atoms with E-state index in [1.807, 2.05) is 18.2 Å². The monoisotopic (exact) mass is 352 g/mol. The van der Waals surface area contributed by atoms with E-state index in [-0.39, 0.29) is 12.4 Å². The molecular weight excluding hydrogens is 324 g/mol. The largest absolute Gasteiger partial charge is 0.497 e. The van der Waals surface area contributed by atoms with Crippen LogP contribution in [-0.2, 0) is 4.74 Å². The third-order valence-corrected chi connectivity index (χ3v) is 4.20. The van der Waals surface area contributed by atoms with Crippen molar-refractivity contribution in [2.24, 2.45) is 0 Å². The van der Waals surface area contributed by atoms with Gasteiger partial charge in [0.25, 0.3) is 0 Å². The molecule has 0 radical (unpaired) electrons. The van der Waals surface area contributed by atoms with Gasteiger partial charge in [0.2, 0.25) is 0 Å². The van der Waals surface area contributed by atoms with E-state index < -0.39 is 0 Å². The van der Waals surface area contributed by atoms with Gasteiger partial charge in [0.15, 0.2) is 5.78 Å². The average Bonchev–Trinajstić information content (AvgIpc) is 2.68. The Labute approximate surface area is 156 Å². The predicted molar refractivity (Wildman–Crippen MR) is 107 cm³/mol. The van der Waals surface area contributed by atoms with Crippen LogP contribution in [0.4, 0.5) is 0 Å². The van der Waals surface area contributed by atoms with Crippen LogP contribution < -0.4 is 4.74 Å².